The van der Waals surface area contributed by atoms with Crippen molar-refractivity contribution in [3.05, 3.63) is 29.3 Å². The number of likely N-dealkylation sites (tertiary alicyclic amines) is 1. The van der Waals surface area contributed by atoms with Crippen LogP contribution >= 0.6 is 0 Å². The molecule has 1 aromatic rings. The van der Waals surface area contributed by atoms with Crippen LogP contribution in [-0.4, -0.2) is 37.0 Å². The Morgan fingerprint density at radius 2 is 2.29 bits per heavy atom. The van der Waals surface area contributed by atoms with Crippen LogP contribution in [0.5, 0.6) is 0 Å². The van der Waals surface area contributed by atoms with Crippen LogP contribution in [0, 0.1) is 6.92 Å². The van der Waals surface area contributed by atoms with Crippen LogP contribution in [0.1, 0.15) is 22.3 Å². The first-order valence-corrected chi connectivity index (χ1v) is 5.92. The summed E-state index contributed by atoms with van der Waals surface area (Å²) in [6.07, 6.45) is 1.02. The van der Waals surface area contributed by atoms with Crippen molar-refractivity contribution < 1.29 is 4.79 Å². The molecule has 17 heavy (non-hydrogen) atoms. The van der Waals surface area contributed by atoms with E-state index in [0.717, 1.165) is 25.1 Å². The van der Waals surface area contributed by atoms with Gasteiger partial charge in [0, 0.05) is 23.8 Å². The molecule has 4 nitrogen and oxygen atoms in total. The van der Waals surface area contributed by atoms with E-state index in [1.807, 2.05) is 19.1 Å². The van der Waals surface area contributed by atoms with Gasteiger partial charge in [-0.15, -0.1) is 0 Å². The van der Waals surface area contributed by atoms with Crippen molar-refractivity contribution >= 4 is 11.6 Å². The number of hydrogen-bond donors (Lipinski definition) is 2. The summed E-state index contributed by atoms with van der Waals surface area (Å²) < 4.78 is 0. The molecule has 1 aromatic carbocycles. The van der Waals surface area contributed by atoms with E-state index in [-0.39, 0.29) is 11.9 Å². The van der Waals surface area contributed by atoms with Gasteiger partial charge in [0.05, 0.1) is 0 Å². The van der Waals surface area contributed by atoms with E-state index in [9.17, 15) is 4.79 Å². The molecule has 3 N–H and O–H groups in total. The summed E-state index contributed by atoms with van der Waals surface area (Å²) in [5.41, 5.74) is 8.11. The van der Waals surface area contributed by atoms with E-state index in [4.69, 9.17) is 5.73 Å². The summed E-state index contributed by atoms with van der Waals surface area (Å²) in [7, 11) is 2.07. The normalized spacial score (nSPS) is 20.5. The molecule has 1 fully saturated rings. The molecule has 4 heteroatoms. The largest absolute Gasteiger partial charge is 0.398 e. The zero-order valence-corrected chi connectivity index (χ0v) is 10.4. The standard InChI is InChI=1S/C13H19N3O/c1-9-3-4-10(7-12(9)14)13(17)15-11-5-6-16(2)8-11/h3-4,7,11H,5-6,8,14H2,1-2H3,(H,15,17). The zero-order chi connectivity index (χ0) is 12.4. The number of likely N-dealkylation sites (N-methyl/N-ethyl adjacent to an activating group) is 1. The van der Waals surface area contributed by atoms with Crippen LogP contribution in [0.25, 0.3) is 0 Å². The van der Waals surface area contributed by atoms with Gasteiger partial charge in [0.15, 0.2) is 0 Å². The molecular weight excluding hydrogens is 214 g/mol. The first-order chi connectivity index (χ1) is 8.06. The summed E-state index contributed by atoms with van der Waals surface area (Å²) >= 11 is 0. The maximum absolute atomic E-state index is 12.0. The van der Waals surface area contributed by atoms with E-state index in [1.54, 1.807) is 6.07 Å². The summed E-state index contributed by atoms with van der Waals surface area (Å²) in [6, 6.07) is 5.70. The molecule has 0 bridgehead atoms. The number of aryl methyl sites for hydroxylation is 1. The third-order valence-corrected chi connectivity index (χ3v) is 3.27. The monoisotopic (exact) mass is 233 g/mol. The summed E-state index contributed by atoms with van der Waals surface area (Å²) in [6.45, 7) is 3.90. The Balaban J connectivity index is 2.02. The van der Waals surface area contributed by atoms with E-state index < -0.39 is 0 Å². The highest BCUT2D eigenvalue weighted by atomic mass is 16.1. The van der Waals surface area contributed by atoms with Crippen LogP contribution in [0.3, 0.4) is 0 Å². The van der Waals surface area contributed by atoms with Gasteiger partial charge >= 0.3 is 0 Å². The zero-order valence-electron chi connectivity index (χ0n) is 10.4. The number of nitrogens with zero attached hydrogens (tertiary/aromatic N) is 1. The molecule has 0 radical (unpaired) electrons. The fourth-order valence-corrected chi connectivity index (χ4v) is 2.10. The lowest BCUT2D eigenvalue weighted by Crippen LogP contribution is -2.36. The fourth-order valence-electron chi connectivity index (χ4n) is 2.10. The summed E-state index contributed by atoms with van der Waals surface area (Å²) in [5.74, 6) is -0.0306. The first-order valence-electron chi connectivity index (χ1n) is 5.92. The second kappa shape index (κ2) is 4.75. The Kier molecular flexibility index (Phi) is 3.33. The molecule has 0 aromatic heterocycles. The lowest BCUT2D eigenvalue weighted by molar-refractivity contribution is 0.0938. The maximum Gasteiger partial charge on any atom is 0.251 e. The molecule has 1 saturated heterocycles. The molecule has 92 valence electrons. The van der Waals surface area contributed by atoms with Crippen LogP contribution < -0.4 is 11.1 Å². The minimum Gasteiger partial charge on any atom is -0.398 e. The van der Waals surface area contributed by atoms with Gasteiger partial charge in [-0.05, 0) is 44.6 Å². The van der Waals surface area contributed by atoms with E-state index in [1.165, 1.54) is 0 Å². The number of carbonyl (C=O) groups excluding carboxylic acids is 1. The molecule has 1 aliphatic heterocycles. The smallest absolute Gasteiger partial charge is 0.251 e. The van der Waals surface area contributed by atoms with Crippen molar-refractivity contribution in [2.75, 3.05) is 25.9 Å². The van der Waals surface area contributed by atoms with Gasteiger partial charge in [-0.3, -0.25) is 4.79 Å². The van der Waals surface area contributed by atoms with Gasteiger partial charge in [0.1, 0.15) is 0 Å². The predicted octanol–water partition coefficient (Wildman–Crippen LogP) is 1.01. The highest BCUT2D eigenvalue weighted by Crippen LogP contribution is 2.14. The SMILES string of the molecule is Cc1ccc(C(=O)NC2CCN(C)C2)cc1N. The van der Waals surface area contributed by atoms with Crippen molar-refractivity contribution in [2.45, 2.75) is 19.4 Å². The molecular formula is C13H19N3O. The average molecular weight is 233 g/mol. The Labute approximate surface area is 102 Å². The van der Waals surface area contributed by atoms with Gasteiger partial charge in [0.25, 0.3) is 5.91 Å². The van der Waals surface area contributed by atoms with Crippen molar-refractivity contribution in [1.82, 2.24) is 10.2 Å². The molecule has 1 aliphatic rings. The second-order valence-electron chi connectivity index (χ2n) is 4.79. The number of benzene rings is 1. The van der Waals surface area contributed by atoms with Gasteiger partial charge in [0.2, 0.25) is 0 Å². The molecule has 2 rings (SSSR count). The summed E-state index contributed by atoms with van der Waals surface area (Å²) in [4.78, 5) is 14.2. The highest BCUT2D eigenvalue weighted by Gasteiger charge is 2.21. The van der Waals surface area contributed by atoms with Crippen molar-refractivity contribution in [1.29, 1.82) is 0 Å². The average Bonchev–Trinajstić information content (AvgIpc) is 2.68. The third kappa shape index (κ3) is 2.77. The molecule has 1 amide bonds. The van der Waals surface area contributed by atoms with Gasteiger partial charge in [-0.25, -0.2) is 0 Å². The number of rotatable bonds is 2. The molecule has 0 spiro atoms. The maximum atomic E-state index is 12.0. The second-order valence-corrected chi connectivity index (χ2v) is 4.79. The topological polar surface area (TPSA) is 58.4 Å². The number of nitrogens with two attached hydrogens (primary N) is 1. The van der Waals surface area contributed by atoms with Gasteiger partial charge in [-0.1, -0.05) is 6.07 Å². The van der Waals surface area contributed by atoms with Crippen molar-refractivity contribution in [2.24, 2.45) is 0 Å². The number of nitrogens with one attached hydrogen (secondary N) is 1. The van der Waals surface area contributed by atoms with Crippen LogP contribution in [-0.2, 0) is 0 Å². The Bertz CT molecular complexity index is 431. The van der Waals surface area contributed by atoms with Crippen LogP contribution in [0.2, 0.25) is 0 Å². The van der Waals surface area contributed by atoms with Crippen LogP contribution in [0.15, 0.2) is 18.2 Å². The molecule has 0 aliphatic carbocycles. The van der Waals surface area contributed by atoms with E-state index in [2.05, 4.69) is 17.3 Å². The molecule has 1 unspecified atom stereocenters. The van der Waals surface area contributed by atoms with Gasteiger partial charge in [-0.2, -0.15) is 0 Å². The molecule has 0 saturated carbocycles. The lowest BCUT2D eigenvalue weighted by atomic mass is 10.1. The quantitative estimate of drug-likeness (QED) is 0.750. The van der Waals surface area contributed by atoms with Crippen molar-refractivity contribution in [3.8, 4) is 0 Å². The molecule has 1 heterocycles. The number of hydrogen-bond acceptors (Lipinski definition) is 3. The number of carbonyl (C=O) groups is 1. The number of amides is 1. The van der Waals surface area contributed by atoms with Crippen LogP contribution in [0.4, 0.5) is 5.69 Å². The van der Waals surface area contributed by atoms with E-state index in [0.29, 0.717) is 11.3 Å². The van der Waals surface area contributed by atoms with E-state index >= 15 is 0 Å². The lowest BCUT2D eigenvalue weighted by Gasteiger charge is -2.13. The number of anilines is 1. The summed E-state index contributed by atoms with van der Waals surface area (Å²) in [5, 5.41) is 3.04. The minimum absolute atomic E-state index is 0.0306. The van der Waals surface area contributed by atoms with Gasteiger partial charge < -0.3 is 16.0 Å². The Hall–Kier alpha value is -1.55. The third-order valence-electron chi connectivity index (χ3n) is 3.27. The Morgan fingerprint density at radius 1 is 1.53 bits per heavy atom. The Morgan fingerprint density at radius 3 is 2.88 bits per heavy atom. The minimum atomic E-state index is -0.0306. The first kappa shape index (κ1) is 11.9. The molecule has 1 atom stereocenters. The highest BCUT2D eigenvalue weighted by molar-refractivity contribution is 5.95. The van der Waals surface area contributed by atoms with Crippen molar-refractivity contribution in [3.63, 3.8) is 0 Å². The predicted molar refractivity (Wildman–Crippen MR) is 69.0 cm³/mol. The fraction of sp³-hybridized carbons (Fsp3) is 0.462. The number of nitrogen functional groups attached to an aromatic ring is 1.